The van der Waals surface area contributed by atoms with Crippen molar-refractivity contribution >= 4 is 0 Å². The van der Waals surface area contributed by atoms with Gasteiger partial charge in [-0.15, -0.1) is 10.2 Å². The van der Waals surface area contributed by atoms with Gasteiger partial charge < -0.3 is 9.47 Å². The number of nitrogens with zero attached hydrogens (tertiary/aromatic N) is 3. The van der Waals surface area contributed by atoms with E-state index in [2.05, 4.69) is 64.8 Å². The van der Waals surface area contributed by atoms with Crippen molar-refractivity contribution in [3.05, 3.63) is 64.5 Å². The first-order valence-electron chi connectivity index (χ1n) is 9.97. The van der Waals surface area contributed by atoms with Crippen LogP contribution >= 0.6 is 0 Å². The SMILES string of the molecule is CCCCCc1ccc(Cc2cc(C)cc3c2OCC(c2nn[nH]n2)O3)cc1. The number of hydrogen-bond acceptors (Lipinski definition) is 5. The normalized spacial score (nSPS) is 15.6. The number of ether oxygens (including phenoxy) is 2. The van der Waals surface area contributed by atoms with E-state index >= 15 is 0 Å². The Kier molecular flexibility index (Phi) is 5.55. The highest BCUT2D eigenvalue weighted by molar-refractivity contribution is 5.52. The molecule has 1 atom stereocenters. The van der Waals surface area contributed by atoms with Gasteiger partial charge in [0.05, 0.1) is 0 Å². The predicted octanol–water partition coefficient (Wildman–Crippen LogP) is 4.34. The Bertz CT molecular complexity index is 907. The van der Waals surface area contributed by atoms with Crippen LogP contribution in [0.4, 0.5) is 0 Å². The summed E-state index contributed by atoms with van der Waals surface area (Å²) in [5, 5.41) is 14.1. The molecule has 1 aromatic heterocycles. The first-order chi connectivity index (χ1) is 13.7. The van der Waals surface area contributed by atoms with Crippen molar-refractivity contribution in [1.82, 2.24) is 20.6 Å². The van der Waals surface area contributed by atoms with Crippen molar-refractivity contribution in [3.8, 4) is 11.5 Å². The number of nitrogens with one attached hydrogen (secondary N) is 1. The van der Waals surface area contributed by atoms with E-state index in [4.69, 9.17) is 9.47 Å². The molecule has 6 heteroatoms. The smallest absolute Gasteiger partial charge is 0.218 e. The number of tetrazole rings is 1. The molecule has 2 heterocycles. The fourth-order valence-electron chi connectivity index (χ4n) is 3.60. The lowest BCUT2D eigenvalue weighted by Crippen LogP contribution is -2.23. The zero-order valence-electron chi connectivity index (χ0n) is 16.4. The molecule has 0 radical (unpaired) electrons. The molecule has 6 nitrogen and oxygen atoms in total. The van der Waals surface area contributed by atoms with Gasteiger partial charge in [0, 0.05) is 12.0 Å². The van der Waals surface area contributed by atoms with Crippen LogP contribution < -0.4 is 9.47 Å². The summed E-state index contributed by atoms with van der Waals surface area (Å²) in [5.74, 6) is 2.07. The second kappa shape index (κ2) is 8.42. The number of rotatable bonds is 7. The highest BCUT2D eigenvalue weighted by Gasteiger charge is 2.28. The molecular weight excluding hydrogens is 352 g/mol. The molecule has 1 aliphatic heterocycles. The first kappa shape index (κ1) is 18.5. The van der Waals surface area contributed by atoms with E-state index < -0.39 is 0 Å². The van der Waals surface area contributed by atoms with Gasteiger partial charge in [-0.3, -0.25) is 0 Å². The largest absolute Gasteiger partial charge is 0.485 e. The van der Waals surface area contributed by atoms with E-state index in [0.717, 1.165) is 35.5 Å². The minimum absolute atomic E-state index is 0.344. The van der Waals surface area contributed by atoms with Crippen LogP contribution in [0.1, 0.15) is 60.4 Å². The van der Waals surface area contributed by atoms with Gasteiger partial charge in [-0.1, -0.05) is 55.3 Å². The second-order valence-corrected chi connectivity index (χ2v) is 7.39. The van der Waals surface area contributed by atoms with Crippen molar-refractivity contribution in [2.24, 2.45) is 0 Å². The van der Waals surface area contributed by atoms with Gasteiger partial charge in [-0.2, -0.15) is 5.21 Å². The minimum atomic E-state index is -0.344. The standard InChI is InChI=1S/C22H26N4O2/c1-3-4-5-6-16-7-9-17(10-8-16)13-18-11-15(2)12-19-21(18)27-14-20(28-19)22-23-25-26-24-22/h7-12,20H,3-6,13-14H2,1-2H3,(H,23,24,25,26). The van der Waals surface area contributed by atoms with E-state index in [-0.39, 0.29) is 6.10 Å². The van der Waals surface area contributed by atoms with Crippen molar-refractivity contribution in [2.45, 2.75) is 52.1 Å². The average Bonchev–Trinajstić information content (AvgIpc) is 3.24. The van der Waals surface area contributed by atoms with E-state index in [1.807, 2.05) is 6.07 Å². The van der Waals surface area contributed by atoms with Gasteiger partial charge in [-0.05, 0) is 42.5 Å². The molecular formula is C22H26N4O2. The Morgan fingerprint density at radius 2 is 1.93 bits per heavy atom. The molecule has 3 aromatic rings. The Hall–Kier alpha value is -2.89. The van der Waals surface area contributed by atoms with E-state index in [1.165, 1.54) is 30.4 Å². The molecule has 0 saturated heterocycles. The number of aromatic amines is 1. The summed E-state index contributed by atoms with van der Waals surface area (Å²) >= 11 is 0. The molecule has 0 spiro atoms. The molecule has 0 saturated carbocycles. The minimum Gasteiger partial charge on any atom is -0.485 e. The van der Waals surface area contributed by atoms with Gasteiger partial charge >= 0.3 is 0 Å². The number of unbranched alkanes of at least 4 members (excludes halogenated alkanes) is 2. The number of fused-ring (bicyclic) bond motifs is 1. The average molecular weight is 378 g/mol. The summed E-state index contributed by atoms with van der Waals surface area (Å²) in [6, 6.07) is 13.1. The highest BCUT2D eigenvalue weighted by atomic mass is 16.6. The Balaban J connectivity index is 1.50. The second-order valence-electron chi connectivity index (χ2n) is 7.39. The lowest BCUT2D eigenvalue weighted by molar-refractivity contribution is 0.0841. The van der Waals surface area contributed by atoms with Crippen molar-refractivity contribution in [3.63, 3.8) is 0 Å². The van der Waals surface area contributed by atoms with Crippen LogP contribution in [-0.2, 0) is 12.8 Å². The van der Waals surface area contributed by atoms with Gasteiger partial charge in [0.1, 0.15) is 6.61 Å². The maximum absolute atomic E-state index is 6.10. The van der Waals surface area contributed by atoms with Gasteiger partial charge in [-0.25, -0.2) is 0 Å². The predicted molar refractivity (Wildman–Crippen MR) is 107 cm³/mol. The number of hydrogen-bond donors (Lipinski definition) is 1. The Morgan fingerprint density at radius 1 is 1.11 bits per heavy atom. The molecule has 28 heavy (non-hydrogen) atoms. The van der Waals surface area contributed by atoms with Crippen LogP contribution in [0.3, 0.4) is 0 Å². The molecule has 1 unspecified atom stereocenters. The zero-order chi connectivity index (χ0) is 19.3. The van der Waals surface area contributed by atoms with Crippen molar-refractivity contribution in [1.29, 1.82) is 0 Å². The Morgan fingerprint density at radius 3 is 2.68 bits per heavy atom. The first-order valence-corrected chi connectivity index (χ1v) is 9.97. The maximum Gasteiger partial charge on any atom is 0.218 e. The number of H-pyrrole nitrogens is 1. The monoisotopic (exact) mass is 378 g/mol. The summed E-state index contributed by atoms with van der Waals surface area (Å²) in [6.07, 6.45) is 5.43. The molecule has 1 aliphatic rings. The summed E-state index contributed by atoms with van der Waals surface area (Å²) < 4.78 is 12.2. The topological polar surface area (TPSA) is 72.9 Å². The molecule has 0 fully saturated rings. The van der Waals surface area contributed by atoms with E-state index in [1.54, 1.807) is 0 Å². The van der Waals surface area contributed by atoms with Crippen LogP contribution in [0, 0.1) is 6.92 Å². The molecule has 0 bridgehead atoms. The van der Waals surface area contributed by atoms with Crippen LogP contribution in [0.2, 0.25) is 0 Å². The summed E-state index contributed by atoms with van der Waals surface area (Å²) in [7, 11) is 0. The maximum atomic E-state index is 6.10. The third kappa shape index (κ3) is 4.16. The van der Waals surface area contributed by atoms with E-state index in [0.29, 0.717) is 12.4 Å². The van der Waals surface area contributed by atoms with Crippen molar-refractivity contribution < 1.29 is 9.47 Å². The molecule has 0 aliphatic carbocycles. The highest BCUT2D eigenvalue weighted by Crippen LogP contribution is 2.40. The fourth-order valence-corrected chi connectivity index (χ4v) is 3.60. The number of benzene rings is 2. The fraction of sp³-hybridized carbons (Fsp3) is 0.409. The number of aryl methyl sites for hydroxylation is 2. The van der Waals surface area contributed by atoms with Gasteiger partial charge in [0.15, 0.2) is 17.6 Å². The zero-order valence-corrected chi connectivity index (χ0v) is 16.4. The van der Waals surface area contributed by atoms with Crippen LogP contribution in [0.15, 0.2) is 36.4 Å². The van der Waals surface area contributed by atoms with Crippen LogP contribution in [-0.4, -0.2) is 27.2 Å². The van der Waals surface area contributed by atoms with Crippen LogP contribution in [0.25, 0.3) is 0 Å². The molecule has 0 amide bonds. The Labute approximate surface area is 165 Å². The quantitative estimate of drug-likeness (QED) is 0.619. The summed E-state index contributed by atoms with van der Waals surface area (Å²) in [4.78, 5) is 0. The molecule has 146 valence electrons. The molecule has 4 rings (SSSR count). The third-order valence-electron chi connectivity index (χ3n) is 5.06. The summed E-state index contributed by atoms with van der Waals surface area (Å²) in [5.41, 5.74) is 4.96. The van der Waals surface area contributed by atoms with Crippen molar-refractivity contribution in [2.75, 3.05) is 6.61 Å². The lowest BCUT2D eigenvalue weighted by atomic mass is 9.99. The van der Waals surface area contributed by atoms with E-state index in [9.17, 15) is 0 Å². The van der Waals surface area contributed by atoms with Gasteiger partial charge in [0.2, 0.25) is 5.82 Å². The summed E-state index contributed by atoms with van der Waals surface area (Å²) in [6.45, 7) is 4.68. The number of aromatic nitrogens is 4. The third-order valence-corrected chi connectivity index (χ3v) is 5.06. The molecule has 2 aromatic carbocycles. The van der Waals surface area contributed by atoms with Gasteiger partial charge in [0.25, 0.3) is 0 Å². The lowest BCUT2D eigenvalue weighted by Gasteiger charge is -2.27. The molecule has 1 N–H and O–H groups in total. The van der Waals surface area contributed by atoms with Crippen LogP contribution in [0.5, 0.6) is 11.5 Å².